The minimum absolute atomic E-state index is 0.159. The molecule has 24 heavy (non-hydrogen) atoms. The van der Waals surface area contributed by atoms with E-state index in [0.717, 1.165) is 11.4 Å². The van der Waals surface area contributed by atoms with Crippen molar-refractivity contribution in [2.75, 3.05) is 13.2 Å². The van der Waals surface area contributed by atoms with Gasteiger partial charge in [0.25, 0.3) is 0 Å². The fraction of sp³-hybridized carbons (Fsp3) is 0.471. The van der Waals surface area contributed by atoms with Crippen molar-refractivity contribution in [1.29, 1.82) is 0 Å². The molecular weight excluding hydrogens is 306 g/mol. The first-order valence-electron chi connectivity index (χ1n) is 8.20. The highest BCUT2D eigenvalue weighted by Crippen LogP contribution is 2.32. The van der Waals surface area contributed by atoms with Gasteiger partial charge in [-0.05, 0) is 5.92 Å². The fourth-order valence-corrected chi connectivity index (χ4v) is 3.12. The van der Waals surface area contributed by atoms with E-state index in [4.69, 9.17) is 10.7 Å². The Kier molecular flexibility index (Phi) is 4.64. The molecule has 0 saturated heterocycles. The third-order valence-electron chi connectivity index (χ3n) is 4.31. The third-order valence-corrected chi connectivity index (χ3v) is 4.31. The molecule has 0 saturated carbocycles. The van der Waals surface area contributed by atoms with Crippen LogP contribution in [0.2, 0.25) is 0 Å². The van der Waals surface area contributed by atoms with Crippen molar-refractivity contribution in [1.82, 2.24) is 19.7 Å². The summed E-state index contributed by atoms with van der Waals surface area (Å²) in [5.41, 5.74) is 6.69. The molecule has 1 aromatic heterocycles. The van der Waals surface area contributed by atoms with E-state index < -0.39 is 6.04 Å². The number of aliphatic hydroxyl groups excluding tert-OH is 1. The Balaban J connectivity index is 1.98. The van der Waals surface area contributed by atoms with Gasteiger partial charge in [0, 0.05) is 12.1 Å². The lowest BCUT2D eigenvalue weighted by Crippen LogP contribution is -2.51. The van der Waals surface area contributed by atoms with Crippen molar-refractivity contribution in [3.05, 3.63) is 36.2 Å². The maximum Gasteiger partial charge on any atom is 0.242 e. The van der Waals surface area contributed by atoms with Gasteiger partial charge in [0.1, 0.15) is 6.04 Å². The lowest BCUT2D eigenvalue weighted by atomic mass is 9.99. The summed E-state index contributed by atoms with van der Waals surface area (Å²) in [4.78, 5) is 18.9. The Bertz CT molecular complexity index is 713. The second-order valence-corrected chi connectivity index (χ2v) is 6.39. The number of nitrogens with two attached hydrogens (primary N) is 1. The van der Waals surface area contributed by atoms with E-state index in [9.17, 15) is 9.90 Å². The SMILES string of the molecule is CC(C)[C@H]1c2nc(-c3ccccc3)nn2CCN1C(=O)[C@@H](N)CO. The molecule has 0 spiro atoms. The van der Waals surface area contributed by atoms with E-state index in [-0.39, 0.29) is 24.5 Å². The molecule has 3 N–H and O–H groups in total. The van der Waals surface area contributed by atoms with Crippen LogP contribution >= 0.6 is 0 Å². The van der Waals surface area contributed by atoms with Gasteiger partial charge in [-0.2, -0.15) is 5.10 Å². The number of benzene rings is 1. The van der Waals surface area contributed by atoms with E-state index in [1.165, 1.54) is 0 Å². The van der Waals surface area contributed by atoms with Gasteiger partial charge in [0.05, 0.1) is 19.2 Å². The number of hydrogen-bond donors (Lipinski definition) is 2. The molecule has 1 aliphatic rings. The molecule has 3 rings (SSSR count). The second kappa shape index (κ2) is 6.70. The molecule has 1 aliphatic heterocycles. The van der Waals surface area contributed by atoms with Crippen LogP contribution in [0.3, 0.4) is 0 Å². The van der Waals surface area contributed by atoms with Crippen LogP contribution in [0, 0.1) is 5.92 Å². The predicted molar refractivity (Wildman–Crippen MR) is 89.8 cm³/mol. The zero-order valence-corrected chi connectivity index (χ0v) is 14.0. The summed E-state index contributed by atoms with van der Waals surface area (Å²) < 4.78 is 1.88. The third kappa shape index (κ3) is 2.92. The Morgan fingerprint density at radius 1 is 1.33 bits per heavy atom. The van der Waals surface area contributed by atoms with Gasteiger partial charge in [-0.15, -0.1) is 0 Å². The summed E-state index contributed by atoms with van der Waals surface area (Å²) in [6.45, 7) is 4.81. The molecule has 0 fully saturated rings. The lowest BCUT2D eigenvalue weighted by Gasteiger charge is -2.38. The number of fused-ring (bicyclic) bond motifs is 1. The van der Waals surface area contributed by atoms with Crippen LogP contribution in [0.15, 0.2) is 30.3 Å². The lowest BCUT2D eigenvalue weighted by molar-refractivity contribution is -0.138. The molecule has 2 atom stereocenters. The van der Waals surface area contributed by atoms with E-state index >= 15 is 0 Å². The van der Waals surface area contributed by atoms with Crippen LogP contribution in [-0.4, -0.2) is 49.9 Å². The molecule has 7 heteroatoms. The molecule has 1 amide bonds. The zero-order valence-electron chi connectivity index (χ0n) is 14.0. The van der Waals surface area contributed by atoms with Gasteiger partial charge < -0.3 is 15.7 Å². The van der Waals surface area contributed by atoms with E-state index in [0.29, 0.717) is 18.9 Å². The van der Waals surface area contributed by atoms with Crippen molar-refractivity contribution in [2.45, 2.75) is 32.5 Å². The molecule has 2 heterocycles. The van der Waals surface area contributed by atoms with Crippen molar-refractivity contribution in [2.24, 2.45) is 11.7 Å². The van der Waals surface area contributed by atoms with E-state index in [2.05, 4.69) is 5.10 Å². The largest absolute Gasteiger partial charge is 0.394 e. The first-order valence-corrected chi connectivity index (χ1v) is 8.20. The number of aromatic nitrogens is 3. The van der Waals surface area contributed by atoms with Gasteiger partial charge >= 0.3 is 0 Å². The molecule has 0 bridgehead atoms. The molecule has 0 unspecified atom stereocenters. The number of aliphatic hydroxyl groups is 1. The summed E-state index contributed by atoms with van der Waals surface area (Å²) >= 11 is 0. The summed E-state index contributed by atoms with van der Waals surface area (Å²) in [6.07, 6.45) is 0. The Labute approximate surface area is 141 Å². The maximum atomic E-state index is 12.5. The standard InChI is InChI=1S/C17H23N5O2/c1-11(2)14-16-19-15(12-6-4-3-5-7-12)20-22(16)9-8-21(14)17(24)13(18)10-23/h3-7,11,13-14,23H,8-10,18H2,1-2H3/t13-,14-/m0/s1. The van der Waals surface area contributed by atoms with Crippen molar-refractivity contribution >= 4 is 5.91 Å². The average molecular weight is 329 g/mol. The van der Waals surface area contributed by atoms with Crippen LogP contribution in [0.4, 0.5) is 0 Å². The van der Waals surface area contributed by atoms with Crippen LogP contribution in [0.5, 0.6) is 0 Å². The number of nitrogens with zero attached hydrogens (tertiary/aromatic N) is 4. The van der Waals surface area contributed by atoms with Gasteiger partial charge in [0.15, 0.2) is 11.6 Å². The van der Waals surface area contributed by atoms with Gasteiger partial charge in [-0.3, -0.25) is 4.79 Å². The number of carbonyl (C=O) groups excluding carboxylic acids is 1. The Hall–Kier alpha value is -2.25. The highest BCUT2D eigenvalue weighted by atomic mass is 16.3. The van der Waals surface area contributed by atoms with Gasteiger partial charge in [0.2, 0.25) is 5.91 Å². The number of amides is 1. The first-order chi connectivity index (χ1) is 11.5. The number of carbonyl (C=O) groups is 1. The van der Waals surface area contributed by atoms with Gasteiger partial charge in [-0.25, -0.2) is 9.67 Å². The van der Waals surface area contributed by atoms with Crippen molar-refractivity contribution in [3.8, 4) is 11.4 Å². The minimum atomic E-state index is -0.894. The first kappa shape index (κ1) is 16.6. The average Bonchev–Trinajstić information content (AvgIpc) is 3.04. The van der Waals surface area contributed by atoms with Crippen molar-refractivity contribution in [3.63, 3.8) is 0 Å². The zero-order chi connectivity index (χ0) is 17.3. The summed E-state index contributed by atoms with van der Waals surface area (Å²) in [6, 6.07) is 8.69. The number of rotatable bonds is 4. The van der Waals surface area contributed by atoms with Crippen molar-refractivity contribution < 1.29 is 9.90 Å². The van der Waals surface area contributed by atoms with Crippen LogP contribution in [-0.2, 0) is 11.3 Å². The smallest absolute Gasteiger partial charge is 0.242 e. The Morgan fingerprint density at radius 3 is 2.67 bits per heavy atom. The van der Waals surface area contributed by atoms with E-state index in [1.54, 1.807) is 4.90 Å². The topological polar surface area (TPSA) is 97.3 Å². The molecule has 7 nitrogen and oxygen atoms in total. The maximum absolute atomic E-state index is 12.5. The van der Waals surface area contributed by atoms with Crippen LogP contribution < -0.4 is 5.73 Å². The minimum Gasteiger partial charge on any atom is -0.394 e. The molecule has 1 aromatic carbocycles. The Morgan fingerprint density at radius 2 is 2.04 bits per heavy atom. The molecular formula is C17H23N5O2. The number of hydrogen-bond acceptors (Lipinski definition) is 5. The molecule has 0 radical (unpaired) electrons. The highest BCUT2D eigenvalue weighted by Gasteiger charge is 2.37. The summed E-state index contributed by atoms with van der Waals surface area (Å²) in [7, 11) is 0. The molecule has 0 aliphatic carbocycles. The van der Waals surface area contributed by atoms with Crippen LogP contribution in [0.1, 0.15) is 25.7 Å². The van der Waals surface area contributed by atoms with E-state index in [1.807, 2.05) is 48.9 Å². The fourth-order valence-electron chi connectivity index (χ4n) is 3.12. The van der Waals surface area contributed by atoms with Gasteiger partial charge in [-0.1, -0.05) is 44.2 Å². The molecule has 2 aromatic rings. The summed E-state index contributed by atoms with van der Waals surface area (Å²) in [5.74, 6) is 1.35. The molecule has 128 valence electrons. The quantitative estimate of drug-likeness (QED) is 0.865. The normalized spacial score (nSPS) is 18.5. The second-order valence-electron chi connectivity index (χ2n) is 6.39. The van der Waals surface area contributed by atoms with Crippen LogP contribution in [0.25, 0.3) is 11.4 Å². The summed E-state index contributed by atoms with van der Waals surface area (Å²) in [5, 5.41) is 13.8. The monoisotopic (exact) mass is 329 g/mol. The predicted octanol–water partition coefficient (Wildman–Crippen LogP) is 0.804. The highest BCUT2D eigenvalue weighted by molar-refractivity contribution is 5.82.